The number of carbonyl (C=O) groups excluding carboxylic acids is 4. The summed E-state index contributed by atoms with van der Waals surface area (Å²) in [6.07, 6.45) is 5.73. The number of likely N-dealkylation sites (tertiary alicyclic amines) is 1. The van der Waals surface area contributed by atoms with Gasteiger partial charge in [-0.1, -0.05) is 49.5 Å². The molecule has 57 heavy (non-hydrogen) atoms. The van der Waals surface area contributed by atoms with E-state index in [9.17, 15) is 19.5 Å². The number of hydrogen-bond acceptors (Lipinski definition) is 7. The van der Waals surface area contributed by atoms with Gasteiger partial charge in [0.1, 0.15) is 5.75 Å². The highest BCUT2D eigenvalue weighted by Gasteiger charge is 2.66. The van der Waals surface area contributed by atoms with Gasteiger partial charge in [0.25, 0.3) is 5.91 Å². The van der Waals surface area contributed by atoms with Crippen LogP contribution in [0.4, 0.5) is 17.1 Å². The largest absolute Gasteiger partial charge is 0.497 e. The predicted octanol–water partition coefficient (Wildman–Crippen LogP) is 5.87. The summed E-state index contributed by atoms with van der Waals surface area (Å²) in [6.45, 7) is 8.78. The Morgan fingerprint density at radius 1 is 0.877 bits per heavy atom. The van der Waals surface area contributed by atoms with Crippen molar-refractivity contribution in [2.75, 3.05) is 48.1 Å². The van der Waals surface area contributed by atoms with E-state index >= 15 is 4.79 Å². The molecule has 5 atom stereocenters. The van der Waals surface area contributed by atoms with E-state index in [-0.39, 0.29) is 60.7 Å². The van der Waals surface area contributed by atoms with Crippen LogP contribution in [0.5, 0.6) is 5.75 Å². The Balaban J connectivity index is 1.23. The molecule has 302 valence electrons. The van der Waals surface area contributed by atoms with E-state index in [2.05, 4.69) is 32.2 Å². The number of hydrogen-bond donors (Lipinski definition) is 1. The first kappa shape index (κ1) is 39.3. The van der Waals surface area contributed by atoms with E-state index < -0.39 is 19.8 Å². The number of aliphatic hydroxyl groups excluding tert-OH is 1. The Hall–Kier alpha value is -4.52. The average molecular weight is 793 g/mol. The van der Waals surface area contributed by atoms with Gasteiger partial charge in [-0.25, -0.2) is 0 Å². The van der Waals surface area contributed by atoms with Crippen LogP contribution in [0, 0.1) is 5.92 Å². The summed E-state index contributed by atoms with van der Waals surface area (Å²) in [5.41, 5.74) is 2.36. The first-order valence-corrected chi connectivity index (χ1v) is 23.9. The highest BCUT2D eigenvalue weighted by Crippen LogP contribution is 2.60. The number of amides is 4. The minimum absolute atomic E-state index is 0.0652. The van der Waals surface area contributed by atoms with Gasteiger partial charge in [0.2, 0.25) is 17.7 Å². The summed E-state index contributed by atoms with van der Waals surface area (Å²) in [4.78, 5) is 63.3. The van der Waals surface area contributed by atoms with Gasteiger partial charge in [-0.15, -0.1) is 0 Å². The van der Waals surface area contributed by atoms with Crippen LogP contribution in [0.25, 0.3) is 0 Å². The van der Waals surface area contributed by atoms with E-state index in [4.69, 9.17) is 9.47 Å². The zero-order valence-electron chi connectivity index (χ0n) is 33.7. The van der Waals surface area contributed by atoms with Crippen LogP contribution in [0.3, 0.4) is 0 Å². The van der Waals surface area contributed by atoms with Crippen LogP contribution in [-0.4, -0.2) is 87.2 Å². The molecule has 12 heteroatoms. The highest BCUT2D eigenvalue weighted by atomic mass is 28.3. The van der Waals surface area contributed by atoms with Crippen LogP contribution in [0.2, 0.25) is 18.6 Å². The summed E-state index contributed by atoms with van der Waals surface area (Å²) in [6, 6.07) is 21.8. The van der Waals surface area contributed by atoms with E-state index in [1.807, 2.05) is 69.3 Å². The monoisotopic (exact) mass is 792 g/mol. The number of fused-ring (bicyclic) bond motifs is 2. The molecule has 0 aliphatic carbocycles. The molecule has 4 fully saturated rings. The summed E-state index contributed by atoms with van der Waals surface area (Å²) in [5.74, 6) is 0.356. The minimum Gasteiger partial charge on any atom is -0.497 e. The van der Waals surface area contributed by atoms with E-state index in [1.165, 1.54) is 5.19 Å². The molecule has 8 rings (SSSR count). The van der Waals surface area contributed by atoms with Crippen molar-refractivity contribution in [2.45, 2.75) is 108 Å². The molecule has 5 aliphatic heterocycles. The first-order chi connectivity index (χ1) is 27.5. The summed E-state index contributed by atoms with van der Waals surface area (Å²) in [7, 11) is -0.893. The van der Waals surface area contributed by atoms with Crippen molar-refractivity contribution in [3.05, 3.63) is 77.9 Å². The third-order valence-corrected chi connectivity index (χ3v) is 18.0. The number of benzene rings is 3. The molecule has 0 aromatic heterocycles. The fourth-order valence-electron chi connectivity index (χ4n) is 10.6. The molecule has 0 bridgehead atoms. The molecule has 1 spiro atoms. The van der Waals surface area contributed by atoms with Gasteiger partial charge in [0.05, 0.1) is 52.6 Å². The fourth-order valence-corrected chi connectivity index (χ4v) is 14.6. The third-order valence-electron chi connectivity index (χ3n) is 13.6. The molecule has 0 saturated carbocycles. The number of nitrogens with zero attached hydrogens (tertiary/aromatic N) is 4. The Labute approximate surface area is 336 Å². The molecule has 0 radical (unpaired) electrons. The number of piperidine rings is 2. The molecule has 3 aromatic rings. The van der Waals surface area contributed by atoms with Gasteiger partial charge < -0.3 is 34.2 Å². The molecule has 11 nitrogen and oxygen atoms in total. The van der Waals surface area contributed by atoms with Crippen molar-refractivity contribution in [2.24, 2.45) is 5.92 Å². The number of ether oxygens (including phenoxy) is 2. The van der Waals surface area contributed by atoms with E-state index in [0.717, 1.165) is 72.5 Å². The van der Waals surface area contributed by atoms with E-state index in [0.29, 0.717) is 32.5 Å². The van der Waals surface area contributed by atoms with Crippen LogP contribution in [0.15, 0.2) is 66.7 Å². The lowest BCUT2D eigenvalue weighted by Gasteiger charge is -2.37. The molecule has 1 N–H and O–H groups in total. The van der Waals surface area contributed by atoms with Crippen LogP contribution in [-0.2, 0) is 36.1 Å². The first-order valence-electron chi connectivity index (χ1n) is 20.9. The zero-order valence-corrected chi connectivity index (χ0v) is 34.7. The Morgan fingerprint density at radius 3 is 2.21 bits per heavy atom. The average Bonchev–Trinajstić information content (AvgIpc) is 3.88. The molecular formula is C45H56N4O7Si. The van der Waals surface area contributed by atoms with Crippen LogP contribution >= 0.6 is 0 Å². The van der Waals surface area contributed by atoms with Gasteiger partial charge in [0, 0.05) is 55.3 Å². The lowest BCUT2D eigenvalue weighted by atomic mass is 9.82. The molecule has 3 aromatic carbocycles. The normalized spacial score (nSPS) is 26.5. The van der Waals surface area contributed by atoms with Crippen molar-refractivity contribution >= 4 is 54.0 Å². The van der Waals surface area contributed by atoms with Gasteiger partial charge in [-0.2, -0.15) is 0 Å². The summed E-state index contributed by atoms with van der Waals surface area (Å²) < 4.78 is 12.9. The second-order valence-corrected chi connectivity index (χ2v) is 21.9. The quantitative estimate of drug-likeness (QED) is 0.256. The summed E-state index contributed by atoms with van der Waals surface area (Å²) in [5, 5.41) is 11.3. The number of rotatable bonds is 10. The van der Waals surface area contributed by atoms with Crippen molar-refractivity contribution in [3.8, 4) is 5.75 Å². The summed E-state index contributed by atoms with van der Waals surface area (Å²) >= 11 is 0. The Morgan fingerprint density at radius 2 is 1.56 bits per heavy atom. The van der Waals surface area contributed by atoms with Crippen LogP contribution in [0.1, 0.15) is 75.8 Å². The van der Waals surface area contributed by atoms with Gasteiger partial charge in [-0.05, 0) is 92.1 Å². The molecule has 4 saturated heterocycles. The number of methoxy groups -OCH3 is 1. The Bertz CT molecular complexity index is 2040. The Kier molecular flexibility index (Phi) is 10.8. The molecule has 5 aliphatic rings. The number of aliphatic hydroxyl groups is 1. The smallest absolute Gasteiger partial charge is 0.264 e. The van der Waals surface area contributed by atoms with Crippen molar-refractivity contribution < 1.29 is 33.8 Å². The molecule has 0 unspecified atom stereocenters. The maximum absolute atomic E-state index is 15.6. The standard InChI is InChI=1S/C45H56N4O7Si/c1-30-43(57(3,4)36-19-17-35(55-2)18-20-36)39(27-42(53)48-24-10-13-34(48)29-50)56-45(30)37-26-33(47-23-8-6-15-41(47)52)16-21-38(37)49(44(45)54)28-31-11-9-12-32(25-31)46-22-7-5-14-40(46)51/h9,11-12,16-21,25-26,30,34,39,43,50H,5-8,10,13-15,22-24,27-29H2,1-4H3/t30-,34+,39+,43-,45+/m1/s1. The zero-order chi connectivity index (χ0) is 40.1. The van der Waals surface area contributed by atoms with Gasteiger partial charge in [-0.3, -0.25) is 19.2 Å². The minimum atomic E-state index is -2.54. The molecule has 5 heterocycles. The third kappa shape index (κ3) is 6.87. The second kappa shape index (κ2) is 15.7. The van der Waals surface area contributed by atoms with Crippen molar-refractivity contribution in [1.29, 1.82) is 0 Å². The lowest BCUT2D eigenvalue weighted by molar-refractivity contribution is -0.150. The fraction of sp³-hybridized carbons (Fsp3) is 0.511. The number of carbonyl (C=O) groups is 4. The van der Waals surface area contributed by atoms with Crippen molar-refractivity contribution in [1.82, 2.24) is 4.90 Å². The number of anilines is 3. The van der Waals surface area contributed by atoms with Crippen LogP contribution < -0.4 is 24.6 Å². The maximum atomic E-state index is 15.6. The van der Waals surface area contributed by atoms with Crippen molar-refractivity contribution in [3.63, 3.8) is 0 Å². The van der Waals surface area contributed by atoms with Gasteiger partial charge >= 0.3 is 0 Å². The maximum Gasteiger partial charge on any atom is 0.264 e. The second-order valence-electron chi connectivity index (χ2n) is 17.2. The molecule has 4 amide bonds. The predicted molar refractivity (Wildman–Crippen MR) is 222 cm³/mol. The van der Waals surface area contributed by atoms with Gasteiger partial charge in [0.15, 0.2) is 5.60 Å². The van der Waals surface area contributed by atoms with E-state index in [1.54, 1.807) is 12.0 Å². The lowest BCUT2D eigenvalue weighted by Crippen LogP contribution is -2.52. The SMILES string of the molecule is COc1ccc([Si](C)(C)[C@H]2[C@H](CC(=O)N3CCC[C@H]3CO)O[C@@]3(C(=O)N(Cc4cccc(N5CCCCC5=O)c4)c4ccc(N5CCCCC5=O)cc43)[C@@H]2C)cc1. The molecular weight excluding hydrogens is 737 g/mol. The highest BCUT2D eigenvalue weighted by molar-refractivity contribution is 6.91. The topological polar surface area (TPSA) is 120 Å².